The van der Waals surface area contributed by atoms with E-state index in [-0.39, 0.29) is 11.7 Å². The highest BCUT2D eigenvalue weighted by Gasteiger charge is 2.15. The Morgan fingerprint density at radius 2 is 1.75 bits per heavy atom. The molecule has 0 amide bonds. The fourth-order valence-electron chi connectivity index (χ4n) is 2.53. The monoisotopic (exact) mass is 388 g/mol. The number of benzene rings is 2. The lowest BCUT2D eigenvalue weighted by atomic mass is 10.2. The van der Waals surface area contributed by atoms with Crippen molar-refractivity contribution in [1.29, 1.82) is 0 Å². The summed E-state index contributed by atoms with van der Waals surface area (Å²) in [7, 11) is 2.95. The number of hydrogen-bond acceptors (Lipinski definition) is 7. The molecule has 0 aliphatic heterocycles. The third-order valence-corrected chi connectivity index (χ3v) is 4.06. The van der Waals surface area contributed by atoms with Crippen molar-refractivity contribution in [2.75, 3.05) is 26.1 Å². The lowest BCUT2D eigenvalue weighted by molar-refractivity contribution is -0.383. The highest BCUT2D eigenvalue weighted by molar-refractivity contribution is 5.71. The smallest absolute Gasteiger partial charge is 0.305 e. The van der Waals surface area contributed by atoms with Gasteiger partial charge in [-0.15, -0.1) is 0 Å². The van der Waals surface area contributed by atoms with Crippen LogP contribution in [0.1, 0.15) is 25.7 Å². The van der Waals surface area contributed by atoms with Crippen LogP contribution in [0.4, 0.5) is 17.1 Å². The molecule has 0 heterocycles. The number of hydrogen-bond donors (Lipinski definition) is 1. The normalized spacial score (nSPS) is 10.2. The third kappa shape index (κ3) is 6.46. The third-order valence-electron chi connectivity index (χ3n) is 4.06. The molecule has 8 heteroatoms. The van der Waals surface area contributed by atoms with Gasteiger partial charge >= 0.3 is 5.97 Å². The van der Waals surface area contributed by atoms with Crippen molar-refractivity contribution >= 4 is 23.0 Å². The van der Waals surface area contributed by atoms with Crippen LogP contribution in [0.5, 0.6) is 11.5 Å². The zero-order valence-corrected chi connectivity index (χ0v) is 16.0. The molecule has 0 bridgehead atoms. The van der Waals surface area contributed by atoms with E-state index in [1.165, 1.54) is 13.2 Å². The number of esters is 1. The number of anilines is 2. The van der Waals surface area contributed by atoms with Gasteiger partial charge in [0.25, 0.3) is 5.69 Å². The van der Waals surface area contributed by atoms with E-state index in [2.05, 4.69) is 10.1 Å². The summed E-state index contributed by atoms with van der Waals surface area (Å²) >= 11 is 0. The summed E-state index contributed by atoms with van der Waals surface area (Å²) in [6.07, 6.45) is 2.73. The first kappa shape index (κ1) is 21.0. The van der Waals surface area contributed by atoms with Crippen molar-refractivity contribution in [3.63, 3.8) is 0 Å². The second kappa shape index (κ2) is 10.8. The molecule has 0 saturated carbocycles. The van der Waals surface area contributed by atoms with Gasteiger partial charge in [0.2, 0.25) is 0 Å². The molecule has 0 spiro atoms. The van der Waals surface area contributed by atoms with Gasteiger partial charge in [-0.25, -0.2) is 0 Å². The van der Waals surface area contributed by atoms with Gasteiger partial charge in [0.1, 0.15) is 17.2 Å². The number of nitrogens with zero attached hydrogens (tertiary/aromatic N) is 1. The van der Waals surface area contributed by atoms with Crippen molar-refractivity contribution < 1.29 is 23.9 Å². The molecule has 0 aromatic heterocycles. The average Bonchev–Trinajstić information content (AvgIpc) is 2.70. The van der Waals surface area contributed by atoms with Crippen LogP contribution in [0, 0.1) is 10.1 Å². The van der Waals surface area contributed by atoms with Crippen LogP contribution in [0.3, 0.4) is 0 Å². The second-order valence-electron chi connectivity index (χ2n) is 6.02. The Morgan fingerprint density at radius 1 is 1.04 bits per heavy atom. The fraction of sp³-hybridized carbons (Fsp3) is 0.350. The number of carbonyl (C=O) groups excluding carboxylic acids is 1. The van der Waals surface area contributed by atoms with Crippen LogP contribution in [0.2, 0.25) is 0 Å². The first-order chi connectivity index (χ1) is 13.5. The Bertz CT molecular complexity index is 792. The summed E-state index contributed by atoms with van der Waals surface area (Å²) in [6, 6.07) is 11.7. The molecular formula is C20H24N2O6. The molecule has 2 aromatic rings. The van der Waals surface area contributed by atoms with Crippen LogP contribution < -0.4 is 14.8 Å². The molecule has 0 aliphatic rings. The van der Waals surface area contributed by atoms with Gasteiger partial charge in [-0.2, -0.15) is 0 Å². The SMILES string of the molecule is COC(=O)CCCCCOc1ccc([N+](=O)[O-])c(Nc2ccc(OC)cc2)c1. The van der Waals surface area contributed by atoms with Gasteiger partial charge in [0.15, 0.2) is 0 Å². The van der Waals surface area contributed by atoms with E-state index >= 15 is 0 Å². The predicted molar refractivity (Wildman–Crippen MR) is 105 cm³/mol. The fourth-order valence-corrected chi connectivity index (χ4v) is 2.53. The molecule has 0 unspecified atom stereocenters. The molecule has 8 nitrogen and oxygen atoms in total. The Kier molecular flexibility index (Phi) is 8.08. The molecule has 2 aromatic carbocycles. The Hall–Kier alpha value is -3.29. The average molecular weight is 388 g/mol. The van der Waals surface area contributed by atoms with Gasteiger partial charge in [0, 0.05) is 24.2 Å². The highest BCUT2D eigenvalue weighted by atomic mass is 16.6. The van der Waals surface area contributed by atoms with Crippen molar-refractivity contribution in [2.45, 2.75) is 25.7 Å². The molecule has 150 valence electrons. The van der Waals surface area contributed by atoms with Crippen LogP contribution in [-0.2, 0) is 9.53 Å². The van der Waals surface area contributed by atoms with Crippen LogP contribution >= 0.6 is 0 Å². The molecule has 28 heavy (non-hydrogen) atoms. The van der Waals surface area contributed by atoms with Gasteiger partial charge in [-0.3, -0.25) is 14.9 Å². The van der Waals surface area contributed by atoms with Crippen molar-refractivity contribution in [3.05, 3.63) is 52.6 Å². The van der Waals surface area contributed by atoms with Crippen molar-refractivity contribution in [1.82, 2.24) is 0 Å². The summed E-state index contributed by atoms with van der Waals surface area (Å²) in [4.78, 5) is 21.9. The molecule has 0 radical (unpaired) electrons. The zero-order chi connectivity index (χ0) is 20.4. The van der Waals surface area contributed by atoms with Crippen molar-refractivity contribution in [3.8, 4) is 11.5 Å². The molecule has 0 saturated heterocycles. The Morgan fingerprint density at radius 3 is 2.39 bits per heavy atom. The number of nitrogens with one attached hydrogen (secondary N) is 1. The quantitative estimate of drug-likeness (QED) is 0.262. The van der Waals surface area contributed by atoms with Gasteiger partial charge in [-0.1, -0.05) is 0 Å². The minimum atomic E-state index is -0.442. The maximum atomic E-state index is 11.3. The van der Waals surface area contributed by atoms with E-state index < -0.39 is 4.92 Å². The van der Waals surface area contributed by atoms with E-state index in [9.17, 15) is 14.9 Å². The van der Waals surface area contributed by atoms with E-state index in [0.29, 0.717) is 35.9 Å². The molecule has 0 aliphatic carbocycles. The number of ether oxygens (including phenoxy) is 3. The molecule has 0 fully saturated rings. The van der Waals surface area contributed by atoms with Crippen molar-refractivity contribution in [2.24, 2.45) is 0 Å². The minimum Gasteiger partial charge on any atom is -0.497 e. The summed E-state index contributed by atoms with van der Waals surface area (Å²) in [6.45, 7) is 0.459. The van der Waals surface area contributed by atoms with Gasteiger partial charge < -0.3 is 19.5 Å². The first-order valence-electron chi connectivity index (χ1n) is 8.92. The van der Waals surface area contributed by atoms with Crippen LogP contribution in [0.25, 0.3) is 0 Å². The molecule has 2 rings (SSSR count). The van der Waals surface area contributed by atoms with E-state index in [1.807, 2.05) is 0 Å². The number of unbranched alkanes of at least 4 members (excludes halogenated alkanes) is 2. The first-order valence-corrected chi connectivity index (χ1v) is 8.92. The summed E-state index contributed by atoms with van der Waals surface area (Å²) in [5, 5.41) is 14.3. The molecule has 0 atom stereocenters. The van der Waals surface area contributed by atoms with Gasteiger partial charge in [0.05, 0.1) is 25.7 Å². The predicted octanol–water partition coefficient (Wildman–Crippen LogP) is 4.46. The molecule has 1 N–H and O–H groups in total. The zero-order valence-electron chi connectivity index (χ0n) is 16.0. The number of nitro benzene ring substituents is 1. The van der Waals surface area contributed by atoms with E-state index in [0.717, 1.165) is 19.3 Å². The maximum Gasteiger partial charge on any atom is 0.305 e. The topological polar surface area (TPSA) is 99.9 Å². The van der Waals surface area contributed by atoms with Gasteiger partial charge in [-0.05, 0) is 49.6 Å². The van der Waals surface area contributed by atoms with E-state index in [1.54, 1.807) is 43.5 Å². The summed E-state index contributed by atoms with van der Waals surface area (Å²) in [5.41, 5.74) is 1.00. The lowest BCUT2D eigenvalue weighted by Crippen LogP contribution is -2.02. The number of carbonyl (C=O) groups is 1. The number of rotatable bonds is 11. The van der Waals surface area contributed by atoms with Crippen LogP contribution in [-0.4, -0.2) is 31.7 Å². The Balaban J connectivity index is 1.96. The second-order valence-corrected chi connectivity index (χ2v) is 6.02. The minimum absolute atomic E-state index is 0.0405. The van der Waals surface area contributed by atoms with E-state index in [4.69, 9.17) is 9.47 Å². The van der Waals surface area contributed by atoms with Crippen LogP contribution in [0.15, 0.2) is 42.5 Å². The highest BCUT2D eigenvalue weighted by Crippen LogP contribution is 2.32. The Labute approximate surface area is 163 Å². The number of nitro groups is 1. The molecular weight excluding hydrogens is 364 g/mol. The summed E-state index contributed by atoms with van der Waals surface area (Å²) < 4.78 is 15.4. The lowest BCUT2D eigenvalue weighted by Gasteiger charge is -2.11. The number of methoxy groups -OCH3 is 2. The summed E-state index contributed by atoms with van der Waals surface area (Å²) in [5.74, 6) is 1.02. The maximum absolute atomic E-state index is 11.3. The standard InChI is InChI=1S/C20H24N2O6/c1-26-16-9-7-15(8-10-16)21-18-14-17(11-12-19(18)22(24)25)28-13-5-3-4-6-20(23)27-2/h7-12,14,21H,3-6,13H2,1-2H3. The largest absolute Gasteiger partial charge is 0.497 e.